The Hall–Kier alpha value is -2.04. The van der Waals surface area contributed by atoms with Gasteiger partial charge in [0.15, 0.2) is 0 Å². The summed E-state index contributed by atoms with van der Waals surface area (Å²) in [4.78, 5) is 21.9. The summed E-state index contributed by atoms with van der Waals surface area (Å²) in [7, 11) is 0. The first-order valence-electron chi connectivity index (χ1n) is 5.80. The molecule has 0 aliphatic heterocycles. The molecule has 1 aromatic rings. The molecule has 0 saturated carbocycles. The van der Waals surface area contributed by atoms with Crippen molar-refractivity contribution in [2.45, 2.75) is 32.6 Å². The highest BCUT2D eigenvalue weighted by atomic mass is 16.4. The summed E-state index contributed by atoms with van der Waals surface area (Å²) in [5.74, 6) is -0.828. The van der Waals surface area contributed by atoms with Crippen molar-refractivity contribution < 1.29 is 19.8 Å². The van der Waals surface area contributed by atoms with Crippen LogP contribution >= 0.6 is 0 Å². The molecule has 0 spiro atoms. The van der Waals surface area contributed by atoms with E-state index in [1.807, 2.05) is 0 Å². The maximum Gasteiger partial charge on any atom is 0.303 e. The van der Waals surface area contributed by atoms with Crippen LogP contribution in [0.1, 0.15) is 31.2 Å². The van der Waals surface area contributed by atoms with Crippen LogP contribution in [0.15, 0.2) is 18.2 Å². The van der Waals surface area contributed by atoms with E-state index in [4.69, 9.17) is 5.11 Å². The highest BCUT2D eigenvalue weighted by molar-refractivity contribution is 5.91. The minimum absolute atomic E-state index is 0.0888. The zero-order chi connectivity index (χ0) is 13.5. The lowest BCUT2D eigenvalue weighted by Gasteiger charge is -2.08. The number of aromatic hydroxyl groups is 1. The number of amides is 1. The molecule has 1 rings (SSSR count). The van der Waals surface area contributed by atoms with Gasteiger partial charge >= 0.3 is 5.97 Å². The van der Waals surface area contributed by atoms with Crippen molar-refractivity contribution in [3.8, 4) is 5.75 Å². The summed E-state index contributed by atoms with van der Waals surface area (Å²) in [6.45, 7) is 1.79. The van der Waals surface area contributed by atoms with Crippen LogP contribution in [-0.2, 0) is 9.59 Å². The molecule has 0 heterocycles. The predicted octanol–water partition coefficient (Wildman–Crippen LogP) is 2.28. The third-order valence-corrected chi connectivity index (χ3v) is 2.53. The standard InChI is InChI=1S/C13H17NO4/c1-9-8-10(15)6-7-11(9)14-12(16)4-2-3-5-13(17)18/h6-8,15H,2-5H2,1H3,(H,14,16)(H,17,18). The lowest BCUT2D eigenvalue weighted by atomic mass is 10.1. The normalized spacial score (nSPS) is 10.1. The number of carboxylic acid groups (broad SMARTS) is 1. The van der Waals surface area contributed by atoms with Crippen LogP contribution in [0, 0.1) is 6.92 Å². The zero-order valence-corrected chi connectivity index (χ0v) is 10.3. The fraction of sp³-hybridized carbons (Fsp3) is 0.385. The van der Waals surface area contributed by atoms with Crippen molar-refractivity contribution in [1.82, 2.24) is 0 Å². The largest absolute Gasteiger partial charge is 0.508 e. The summed E-state index contributed by atoms with van der Waals surface area (Å²) in [5.41, 5.74) is 1.45. The van der Waals surface area contributed by atoms with Crippen LogP contribution in [0.25, 0.3) is 0 Å². The Kier molecular flexibility index (Phi) is 5.17. The minimum Gasteiger partial charge on any atom is -0.508 e. The molecule has 0 radical (unpaired) electrons. The number of carboxylic acids is 1. The van der Waals surface area contributed by atoms with Crippen molar-refractivity contribution in [2.75, 3.05) is 5.32 Å². The molecular weight excluding hydrogens is 234 g/mol. The summed E-state index contributed by atoms with van der Waals surface area (Å²) < 4.78 is 0. The van der Waals surface area contributed by atoms with Gasteiger partial charge < -0.3 is 15.5 Å². The first kappa shape index (κ1) is 14.0. The van der Waals surface area contributed by atoms with E-state index >= 15 is 0 Å². The molecule has 0 aliphatic carbocycles. The molecule has 0 aromatic heterocycles. The number of anilines is 1. The number of hydrogen-bond donors (Lipinski definition) is 3. The molecule has 5 nitrogen and oxygen atoms in total. The minimum atomic E-state index is -0.843. The van der Waals surface area contributed by atoms with Crippen LogP contribution in [-0.4, -0.2) is 22.1 Å². The molecule has 0 saturated heterocycles. The lowest BCUT2D eigenvalue weighted by molar-refractivity contribution is -0.137. The van der Waals surface area contributed by atoms with Gasteiger partial charge in [-0.25, -0.2) is 0 Å². The van der Waals surface area contributed by atoms with Crippen LogP contribution in [0.3, 0.4) is 0 Å². The van der Waals surface area contributed by atoms with Gasteiger partial charge in [-0.3, -0.25) is 9.59 Å². The predicted molar refractivity (Wildman–Crippen MR) is 67.6 cm³/mol. The molecule has 18 heavy (non-hydrogen) atoms. The highest BCUT2D eigenvalue weighted by Gasteiger charge is 2.06. The summed E-state index contributed by atoms with van der Waals surface area (Å²) >= 11 is 0. The van der Waals surface area contributed by atoms with Crippen LogP contribution < -0.4 is 5.32 Å². The van der Waals surface area contributed by atoms with Gasteiger partial charge in [0.05, 0.1) is 0 Å². The molecule has 0 atom stereocenters. The molecule has 5 heteroatoms. The fourth-order valence-corrected chi connectivity index (χ4v) is 1.56. The van der Waals surface area contributed by atoms with Gasteiger partial charge in [-0.2, -0.15) is 0 Å². The number of phenols is 1. The topological polar surface area (TPSA) is 86.6 Å². The van der Waals surface area contributed by atoms with Crippen molar-refractivity contribution in [1.29, 1.82) is 0 Å². The van der Waals surface area contributed by atoms with Gasteiger partial charge in [0.2, 0.25) is 5.91 Å². The number of carbonyl (C=O) groups excluding carboxylic acids is 1. The third-order valence-electron chi connectivity index (χ3n) is 2.53. The number of aryl methyl sites for hydroxylation is 1. The third kappa shape index (κ3) is 4.86. The molecule has 0 fully saturated rings. The van der Waals surface area contributed by atoms with Gasteiger partial charge in [-0.05, 0) is 43.5 Å². The molecule has 98 valence electrons. The Morgan fingerprint density at radius 1 is 1.22 bits per heavy atom. The molecule has 1 aromatic carbocycles. The average Bonchev–Trinajstić information content (AvgIpc) is 2.28. The van der Waals surface area contributed by atoms with E-state index in [1.165, 1.54) is 6.07 Å². The second-order valence-corrected chi connectivity index (χ2v) is 4.15. The SMILES string of the molecule is Cc1cc(O)ccc1NC(=O)CCCCC(=O)O. The highest BCUT2D eigenvalue weighted by Crippen LogP contribution is 2.20. The van der Waals surface area contributed by atoms with E-state index in [2.05, 4.69) is 5.32 Å². The number of nitrogens with one attached hydrogen (secondary N) is 1. The van der Waals surface area contributed by atoms with Crippen LogP contribution in [0.2, 0.25) is 0 Å². The number of aliphatic carboxylic acids is 1. The first-order chi connectivity index (χ1) is 8.49. The number of phenolic OH excluding ortho intramolecular Hbond substituents is 1. The second kappa shape index (κ2) is 6.64. The van der Waals surface area contributed by atoms with Crippen LogP contribution in [0.4, 0.5) is 5.69 Å². The lowest BCUT2D eigenvalue weighted by Crippen LogP contribution is -2.12. The molecule has 1 amide bonds. The Morgan fingerprint density at radius 2 is 1.89 bits per heavy atom. The Bertz CT molecular complexity index is 443. The van der Waals surface area contributed by atoms with Gasteiger partial charge in [0, 0.05) is 18.5 Å². The summed E-state index contributed by atoms with van der Waals surface area (Å²) in [6, 6.07) is 4.72. The van der Waals surface area contributed by atoms with E-state index in [9.17, 15) is 14.7 Å². The second-order valence-electron chi connectivity index (χ2n) is 4.15. The molecular formula is C13H17NO4. The zero-order valence-electron chi connectivity index (χ0n) is 10.3. The molecule has 0 bridgehead atoms. The smallest absolute Gasteiger partial charge is 0.303 e. The maximum atomic E-state index is 11.6. The first-order valence-corrected chi connectivity index (χ1v) is 5.80. The van der Waals surface area contributed by atoms with Gasteiger partial charge in [-0.1, -0.05) is 0 Å². The number of unbranched alkanes of at least 4 members (excludes halogenated alkanes) is 1. The summed E-state index contributed by atoms with van der Waals surface area (Å²) in [6.07, 6.45) is 1.44. The number of carbonyl (C=O) groups is 2. The van der Waals surface area contributed by atoms with Crippen molar-refractivity contribution in [3.05, 3.63) is 23.8 Å². The Balaban J connectivity index is 2.38. The van der Waals surface area contributed by atoms with Crippen molar-refractivity contribution >= 4 is 17.6 Å². The molecule has 3 N–H and O–H groups in total. The Morgan fingerprint density at radius 3 is 2.50 bits per heavy atom. The van der Waals surface area contributed by atoms with Gasteiger partial charge in [0.25, 0.3) is 0 Å². The van der Waals surface area contributed by atoms with Crippen molar-refractivity contribution in [2.24, 2.45) is 0 Å². The van der Waals surface area contributed by atoms with Crippen molar-refractivity contribution in [3.63, 3.8) is 0 Å². The van der Waals surface area contributed by atoms with E-state index in [1.54, 1.807) is 19.1 Å². The van der Waals surface area contributed by atoms with Gasteiger partial charge in [-0.15, -0.1) is 0 Å². The number of benzene rings is 1. The monoisotopic (exact) mass is 251 g/mol. The molecule has 0 unspecified atom stereocenters. The quantitative estimate of drug-likeness (QED) is 0.534. The van der Waals surface area contributed by atoms with E-state index in [-0.39, 0.29) is 18.1 Å². The van der Waals surface area contributed by atoms with E-state index in [0.29, 0.717) is 24.9 Å². The van der Waals surface area contributed by atoms with Crippen LogP contribution in [0.5, 0.6) is 5.75 Å². The molecule has 0 aliphatic rings. The summed E-state index contributed by atoms with van der Waals surface area (Å²) in [5, 5.41) is 20.4. The van der Waals surface area contributed by atoms with E-state index in [0.717, 1.165) is 5.56 Å². The van der Waals surface area contributed by atoms with Gasteiger partial charge in [0.1, 0.15) is 5.75 Å². The number of rotatable bonds is 6. The van der Waals surface area contributed by atoms with E-state index < -0.39 is 5.97 Å². The number of hydrogen-bond acceptors (Lipinski definition) is 3. The average molecular weight is 251 g/mol. The Labute approximate surface area is 105 Å². The maximum absolute atomic E-state index is 11.6. The fourth-order valence-electron chi connectivity index (χ4n) is 1.56.